The average Bonchev–Trinajstić information content (AvgIpc) is 2.78. The zero-order chi connectivity index (χ0) is 15.8. The standard InChI is InChI=1S/C16H23F2NO2/c1-15(2)13(16(15,3)4)19-9-10-7-6-8-11(20-5)12(10)21-14(17)18/h6-8,13-14,19H,9H2,1-5H3. The Kier molecular flexibility index (Phi) is 4.15. The molecule has 1 fully saturated rings. The molecule has 1 aliphatic rings. The summed E-state index contributed by atoms with van der Waals surface area (Å²) in [7, 11) is 1.44. The van der Waals surface area contributed by atoms with Crippen LogP contribution in [0.25, 0.3) is 0 Å². The first kappa shape index (κ1) is 16.0. The lowest BCUT2D eigenvalue weighted by atomic mass is 10.0. The van der Waals surface area contributed by atoms with Crippen LogP contribution in [0.4, 0.5) is 8.78 Å². The molecule has 0 aromatic heterocycles. The number of nitrogens with one attached hydrogen (secondary N) is 1. The van der Waals surface area contributed by atoms with Gasteiger partial charge in [0.05, 0.1) is 7.11 Å². The van der Waals surface area contributed by atoms with Crippen LogP contribution in [-0.4, -0.2) is 19.8 Å². The number of hydrogen-bond acceptors (Lipinski definition) is 3. The first-order chi connectivity index (χ1) is 9.71. The van der Waals surface area contributed by atoms with E-state index in [0.717, 1.165) is 0 Å². The minimum absolute atomic E-state index is 0.110. The van der Waals surface area contributed by atoms with Crippen molar-refractivity contribution in [3.63, 3.8) is 0 Å². The Bertz CT molecular complexity index is 501. The molecule has 1 aliphatic carbocycles. The monoisotopic (exact) mass is 299 g/mol. The van der Waals surface area contributed by atoms with Crippen molar-refractivity contribution in [3.05, 3.63) is 23.8 Å². The van der Waals surface area contributed by atoms with Crippen LogP contribution < -0.4 is 14.8 Å². The molecule has 0 bridgehead atoms. The van der Waals surface area contributed by atoms with Gasteiger partial charge in [-0.1, -0.05) is 39.8 Å². The first-order valence-electron chi connectivity index (χ1n) is 7.06. The largest absolute Gasteiger partial charge is 0.493 e. The quantitative estimate of drug-likeness (QED) is 0.866. The van der Waals surface area contributed by atoms with Gasteiger partial charge in [-0.25, -0.2) is 0 Å². The zero-order valence-electron chi connectivity index (χ0n) is 13.2. The molecule has 118 valence electrons. The molecule has 0 spiro atoms. The molecular weight excluding hydrogens is 276 g/mol. The highest BCUT2D eigenvalue weighted by Crippen LogP contribution is 2.62. The van der Waals surface area contributed by atoms with Gasteiger partial charge < -0.3 is 14.8 Å². The Balaban J connectivity index is 2.13. The van der Waals surface area contributed by atoms with Crippen LogP contribution in [0.3, 0.4) is 0 Å². The highest BCUT2D eigenvalue weighted by molar-refractivity contribution is 5.46. The van der Waals surface area contributed by atoms with Crippen molar-refractivity contribution in [3.8, 4) is 11.5 Å². The predicted molar refractivity (Wildman–Crippen MR) is 77.8 cm³/mol. The number of benzene rings is 1. The number of alkyl halides is 2. The van der Waals surface area contributed by atoms with Crippen molar-refractivity contribution in [2.45, 2.75) is 46.9 Å². The number of ether oxygens (including phenoxy) is 2. The summed E-state index contributed by atoms with van der Waals surface area (Å²) in [6.45, 7) is 6.41. The number of methoxy groups -OCH3 is 1. The minimum atomic E-state index is -2.87. The van der Waals surface area contributed by atoms with Gasteiger partial charge in [0, 0.05) is 18.2 Å². The van der Waals surface area contributed by atoms with Gasteiger partial charge in [-0.3, -0.25) is 0 Å². The van der Waals surface area contributed by atoms with Gasteiger partial charge >= 0.3 is 6.61 Å². The van der Waals surface area contributed by atoms with Crippen LogP contribution in [-0.2, 0) is 6.54 Å². The number of halogens is 2. The maximum Gasteiger partial charge on any atom is 0.387 e. The fraction of sp³-hybridized carbons (Fsp3) is 0.625. The number of rotatable bonds is 6. The summed E-state index contributed by atoms with van der Waals surface area (Å²) in [5.41, 5.74) is 1.05. The summed E-state index contributed by atoms with van der Waals surface area (Å²) in [5.74, 6) is 0.433. The Morgan fingerprint density at radius 3 is 2.29 bits per heavy atom. The molecule has 1 saturated carbocycles. The lowest BCUT2D eigenvalue weighted by Gasteiger charge is -2.15. The normalized spacial score (nSPS) is 19.6. The number of para-hydroxylation sites is 1. The van der Waals surface area contributed by atoms with Crippen molar-refractivity contribution in [2.75, 3.05) is 7.11 Å². The summed E-state index contributed by atoms with van der Waals surface area (Å²) >= 11 is 0. The summed E-state index contributed by atoms with van der Waals surface area (Å²) in [5, 5.41) is 3.44. The SMILES string of the molecule is COc1cccc(CNC2C(C)(C)C2(C)C)c1OC(F)F. The molecule has 1 N–H and O–H groups in total. The van der Waals surface area contributed by atoms with Gasteiger partial charge in [0.25, 0.3) is 0 Å². The van der Waals surface area contributed by atoms with Crippen LogP contribution in [0.5, 0.6) is 11.5 Å². The maximum absolute atomic E-state index is 12.6. The van der Waals surface area contributed by atoms with E-state index in [1.165, 1.54) is 7.11 Å². The van der Waals surface area contributed by atoms with Gasteiger partial charge in [0.2, 0.25) is 0 Å². The van der Waals surface area contributed by atoms with Crippen LogP contribution in [0, 0.1) is 10.8 Å². The van der Waals surface area contributed by atoms with Gasteiger partial charge in [-0.05, 0) is 16.9 Å². The lowest BCUT2D eigenvalue weighted by Crippen LogP contribution is -2.22. The van der Waals surface area contributed by atoms with Gasteiger partial charge in [0.1, 0.15) is 0 Å². The zero-order valence-corrected chi connectivity index (χ0v) is 13.2. The molecule has 0 amide bonds. The van der Waals surface area contributed by atoms with E-state index in [0.29, 0.717) is 23.9 Å². The first-order valence-corrected chi connectivity index (χ1v) is 7.06. The molecule has 0 saturated heterocycles. The van der Waals surface area contributed by atoms with Crippen LogP contribution in [0.15, 0.2) is 18.2 Å². The molecule has 3 nitrogen and oxygen atoms in total. The van der Waals surface area contributed by atoms with E-state index in [9.17, 15) is 8.78 Å². The third-order valence-electron chi connectivity index (χ3n) is 5.00. The third kappa shape index (κ3) is 2.84. The van der Waals surface area contributed by atoms with E-state index in [1.807, 2.05) is 0 Å². The molecule has 0 atom stereocenters. The Morgan fingerprint density at radius 1 is 1.19 bits per heavy atom. The Morgan fingerprint density at radius 2 is 1.81 bits per heavy atom. The third-order valence-corrected chi connectivity index (χ3v) is 5.00. The van der Waals surface area contributed by atoms with Gasteiger partial charge in [-0.2, -0.15) is 8.78 Å². The van der Waals surface area contributed by atoms with E-state index in [-0.39, 0.29) is 16.6 Å². The van der Waals surface area contributed by atoms with E-state index >= 15 is 0 Å². The summed E-state index contributed by atoms with van der Waals surface area (Å²) < 4.78 is 34.9. The Labute approximate surface area is 124 Å². The Hall–Kier alpha value is -1.36. The highest BCUT2D eigenvalue weighted by atomic mass is 19.3. The second-order valence-corrected chi connectivity index (χ2v) is 6.58. The second-order valence-electron chi connectivity index (χ2n) is 6.58. The lowest BCUT2D eigenvalue weighted by molar-refractivity contribution is -0.0518. The van der Waals surface area contributed by atoms with Crippen LogP contribution in [0.2, 0.25) is 0 Å². The molecule has 2 rings (SSSR count). The second kappa shape index (κ2) is 5.44. The van der Waals surface area contributed by atoms with Crippen LogP contribution in [0.1, 0.15) is 33.3 Å². The molecule has 1 aromatic carbocycles. The minimum Gasteiger partial charge on any atom is -0.493 e. The summed E-state index contributed by atoms with van der Waals surface area (Å²) in [4.78, 5) is 0. The van der Waals surface area contributed by atoms with E-state index < -0.39 is 6.61 Å². The van der Waals surface area contributed by atoms with Crippen LogP contribution >= 0.6 is 0 Å². The predicted octanol–water partition coefficient (Wildman–Crippen LogP) is 3.82. The molecular formula is C16H23F2NO2. The maximum atomic E-state index is 12.6. The van der Waals surface area contributed by atoms with E-state index in [1.54, 1.807) is 18.2 Å². The molecule has 0 aliphatic heterocycles. The molecule has 0 radical (unpaired) electrons. The molecule has 1 aromatic rings. The van der Waals surface area contributed by atoms with E-state index in [4.69, 9.17) is 4.74 Å². The molecule has 21 heavy (non-hydrogen) atoms. The number of hydrogen-bond donors (Lipinski definition) is 1. The summed E-state index contributed by atoms with van der Waals surface area (Å²) in [6, 6.07) is 5.51. The fourth-order valence-corrected chi connectivity index (χ4v) is 3.00. The molecule has 5 heteroatoms. The van der Waals surface area contributed by atoms with Crippen molar-refractivity contribution >= 4 is 0 Å². The van der Waals surface area contributed by atoms with E-state index in [2.05, 4.69) is 37.7 Å². The fourth-order valence-electron chi connectivity index (χ4n) is 3.00. The van der Waals surface area contributed by atoms with Gasteiger partial charge in [-0.15, -0.1) is 0 Å². The smallest absolute Gasteiger partial charge is 0.387 e. The van der Waals surface area contributed by atoms with Crippen molar-refractivity contribution in [1.29, 1.82) is 0 Å². The topological polar surface area (TPSA) is 30.5 Å². The molecule has 0 unspecified atom stereocenters. The average molecular weight is 299 g/mol. The molecule has 0 heterocycles. The van der Waals surface area contributed by atoms with Crippen molar-refractivity contribution in [1.82, 2.24) is 5.32 Å². The highest BCUT2D eigenvalue weighted by Gasteiger charge is 2.64. The van der Waals surface area contributed by atoms with Crippen molar-refractivity contribution < 1.29 is 18.3 Å². The van der Waals surface area contributed by atoms with Crippen molar-refractivity contribution in [2.24, 2.45) is 10.8 Å². The summed E-state index contributed by atoms with van der Waals surface area (Å²) in [6.07, 6.45) is 0. The van der Waals surface area contributed by atoms with Gasteiger partial charge in [0.15, 0.2) is 11.5 Å².